The van der Waals surface area contributed by atoms with Crippen LogP contribution in [0.3, 0.4) is 0 Å². The summed E-state index contributed by atoms with van der Waals surface area (Å²) in [6.07, 6.45) is 2.18. The van der Waals surface area contributed by atoms with Crippen molar-refractivity contribution in [2.24, 2.45) is 0 Å². The van der Waals surface area contributed by atoms with Crippen molar-refractivity contribution in [2.75, 3.05) is 0 Å². The van der Waals surface area contributed by atoms with E-state index in [0.29, 0.717) is 11.3 Å². The lowest BCUT2D eigenvalue weighted by atomic mass is 10.0. The molecule has 0 N–H and O–H groups in total. The van der Waals surface area contributed by atoms with E-state index in [2.05, 4.69) is 65.3 Å². The predicted octanol–water partition coefficient (Wildman–Crippen LogP) is 6.97. The van der Waals surface area contributed by atoms with Gasteiger partial charge in [-0.3, -0.25) is 0 Å². The summed E-state index contributed by atoms with van der Waals surface area (Å²) in [5.41, 5.74) is 3.33. The van der Waals surface area contributed by atoms with E-state index in [4.69, 9.17) is 4.42 Å². The summed E-state index contributed by atoms with van der Waals surface area (Å²) >= 11 is 0. The van der Waals surface area contributed by atoms with Gasteiger partial charge in [0.05, 0.1) is 15.5 Å². The Morgan fingerprint density at radius 3 is 2.00 bits per heavy atom. The number of rotatable bonds is 10. The molecule has 0 spiro atoms. The van der Waals surface area contributed by atoms with Gasteiger partial charge >= 0.3 is 0 Å². The summed E-state index contributed by atoms with van der Waals surface area (Å²) in [4.78, 5) is 0.432. The van der Waals surface area contributed by atoms with Gasteiger partial charge < -0.3 is 4.42 Å². The zero-order valence-electron chi connectivity index (χ0n) is 21.5. The van der Waals surface area contributed by atoms with E-state index in [9.17, 15) is 8.42 Å². The summed E-state index contributed by atoms with van der Waals surface area (Å²) in [5.74, 6) is 0.970. The van der Waals surface area contributed by atoms with Crippen molar-refractivity contribution in [3.63, 3.8) is 0 Å². The first-order valence-electron chi connectivity index (χ1n) is 11.7. The summed E-state index contributed by atoms with van der Waals surface area (Å²) in [6.45, 7) is 19.9. The molecule has 3 nitrogen and oxygen atoms in total. The van der Waals surface area contributed by atoms with Crippen LogP contribution in [0.5, 0.6) is 0 Å². The second-order valence-corrected chi connectivity index (χ2v) is 24.1. The molecule has 0 saturated carbocycles. The molecule has 0 aliphatic rings. The van der Waals surface area contributed by atoms with Crippen LogP contribution in [0.1, 0.15) is 38.0 Å². The van der Waals surface area contributed by atoms with E-state index in [1.54, 1.807) is 12.1 Å². The molecule has 6 heteroatoms. The lowest BCUT2D eigenvalue weighted by Gasteiger charge is -2.27. The minimum absolute atomic E-state index is 0.432. The molecule has 0 amide bonds. The Morgan fingerprint density at radius 2 is 1.53 bits per heavy atom. The van der Waals surface area contributed by atoms with Gasteiger partial charge in [0.15, 0.2) is 9.84 Å². The molecule has 0 aliphatic carbocycles. The first-order valence-corrected chi connectivity index (χ1v) is 20.4. The van der Waals surface area contributed by atoms with E-state index in [1.165, 1.54) is 0 Å². The zero-order valence-corrected chi connectivity index (χ0v) is 24.3. The fraction of sp³-hybridized carbons (Fsp3) is 0.538. The van der Waals surface area contributed by atoms with Gasteiger partial charge in [-0.1, -0.05) is 68.1 Å². The molecule has 1 unspecified atom stereocenters. The highest BCUT2D eigenvalue weighted by atomic mass is 32.2. The average molecular weight is 491 g/mol. The SMILES string of the molecule is CC(C)=C(C[Si](C)(C)C)C(CCCc1ccc([Si](C)(C)C)o1)S(=O)(=O)c1ccc(C)cc1. The second-order valence-electron chi connectivity index (χ2n) is 11.5. The van der Waals surface area contributed by atoms with Gasteiger partial charge in [0.1, 0.15) is 13.8 Å². The molecule has 1 heterocycles. The molecule has 0 radical (unpaired) electrons. The number of hydrogen-bond donors (Lipinski definition) is 0. The van der Waals surface area contributed by atoms with Crippen LogP contribution in [-0.4, -0.2) is 29.8 Å². The van der Waals surface area contributed by atoms with Gasteiger partial charge in [0.25, 0.3) is 0 Å². The van der Waals surface area contributed by atoms with E-state index in [1.807, 2.05) is 19.1 Å². The molecule has 2 aromatic rings. The summed E-state index contributed by atoms with van der Waals surface area (Å²) < 4.78 is 33.7. The average Bonchev–Trinajstić information content (AvgIpc) is 3.12. The molecule has 0 saturated heterocycles. The monoisotopic (exact) mass is 490 g/mol. The van der Waals surface area contributed by atoms with Crippen molar-refractivity contribution in [1.29, 1.82) is 0 Å². The van der Waals surface area contributed by atoms with Crippen molar-refractivity contribution in [3.05, 3.63) is 58.9 Å². The number of hydrogen-bond acceptors (Lipinski definition) is 3. The third kappa shape index (κ3) is 7.32. The molecule has 0 aliphatic heterocycles. The Kier molecular flexibility index (Phi) is 8.62. The van der Waals surface area contributed by atoms with E-state index < -0.39 is 31.2 Å². The minimum Gasteiger partial charge on any atom is -0.471 e. The smallest absolute Gasteiger partial charge is 0.185 e. The highest BCUT2D eigenvalue weighted by Gasteiger charge is 2.33. The maximum absolute atomic E-state index is 13.8. The maximum atomic E-state index is 13.8. The van der Waals surface area contributed by atoms with Crippen LogP contribution in [0.25, 0.3) is 0 Å². The van der Waals surface area contributed by atoms with Crippen LogP contribution in [-0.2, 0) is 16.3 Å². The molecule has 32 heavy (non-hydrogen) atoms. The molecule has 1 aromatic carbocycles. The molecule has 0 bridgehead atoms. The molecule has 2 rings (SSSR count). The van der Waals surface area contributed by atoms with Crippen LogP contribution in [0.15, 0.2) is 56.9 Å². The minimum atomic E-state index is -3.47. The third-order valence-electron chi connectivity index (χ3n) is 5.77. The summed E-state index contributed by atoms with van der Waals surface area (Å²) in [6, 6.07) is 12.4. The van der Waals surface area contributed by atoms with Gasteiger partial charge in [-0.2, -0.15) is 0 Å². The molecular weight excluding hydrogens is 449 g/mol. The topological polar surface area (TPSA) is 47.3 Å². The number of benzene rings is 1. The number of furan rings is 1. The van der Waals surface area contributed by atoms with E-state index in [-0.39, 0.29) is 0 Å². The molecular formula is C26H42O3SSi2. The Bertz CT molecular complexity index is 1030. The van der Waals surface area contributed by atoms with Crippen LogP contribution in [0.2, 0.25) is 45.3 Å². The van der Waals surface area contributed by atoms with Gasteiger partial charge in [-0.15, -0.1) is 0 Å². The van der Waals surface area contributed by atoms with Crippen LogP contribution in [0.4, 0.5) is 0 Å². The quantitative estimate of drug-likeness (QED) is 0.267. The van der Waals surface area contributed by atoms with E-state index >= 15 is 0 Å². The first-order chi connectivity index (χ1) is 14.6. The normalized spacial score (nSPS) is 13.8. The standard InChI is InChI=1S/C26H42O3SSi2/c1-20(2)24(19-31(4,5)6)25(30(27,28)23-16-13-21(3)14-17-23)12-10-11-22-15-18-26(29-22)32(7,8)9/h13-18,25H,10-12,19H2,1-9H3. The zero-order chi connectivity index (χ0) is 24.3. The number of sulfone groups is 1. The summed E-state index contributed by atoms with van der Waals surface area (Å²) in [7, 11) is -6.44. The highest BCUT2D eigenvalue weighted by Crippen LogP contribution is 2.33. The number of allylic oxidation sites excluding steroid dienone is 1. The van der Waals surface area contributed by atoms with Crippen molar-refractivity contribution in [1.82, 2.24) is 0 Å². The molecule has 1 aromatic heterocycles. The van der Waals surface area contributed by atoms with Gasteiger partial charge in [0.2, 0.25) is 0 Å². The van der Waals surface area contributed by atoms with Gasteiger partial charge in [-0.05, 0) is 63.9 Å². The van der Waals surface area contributed by atoms with Crippen molar-refractivity contribution in [2.45, 2.75) is 95.5 Å². The lowest BCUT2D eigenvalue weighted by molar-refractivity contribution is 0.516. The Morgan fingerprint density at radius 1 is 0.938 bits per heavy atom. The van der Waals surface area contributed by atoms with Crippen molar-refractivity contribution >= 4 is 31.4 Å². The first kappa shape index (κ1) is 26.9. The van der Waals surface area contributed by atoms with Gasteiger partial charge in [-0.25, -0.2) is 8.42 Å². The van der Waals surface area contributed by atoms with Crippen LogP contribution in [0, 0.1) is 6.92 Å². The van der Waals surface area contributed by atoms with Crippen molar-refractivity contribution in [3.8, 4) is 0 Å². The Labute approximate surface area is 198 Å². The van der Waals surface area contributed by atoms with Crippen LogP contribution < -0.4 is 5.38 Å². The second kappa shape index (κ2) is 10.3. The Balaban J connectivity index is 2.34. The molecule has 1 atom stereocenters. The third-order valence-corrected chi connectivity index (χ3v) is 11.2. The fourth-order valence-corrected chi connectivity index (χ4v) is 8.90. The fourth-order valence-electron chi connectivity index (χ4n) is 3.97. The maximum Gasteiger partial charge on any atom is 0.185 e. The largest absolute Gasteiger partial charge is 0.471 e. The molecule has 178 valence electrons. The Hall–Kier alpha value is -1.38. The summed E-state index contributed by atoms with van der Waals surface area (Å²) in [5, 5.41) is 0.633. The molecule has 0 fully saturated rings. The van der Waals surface area contributed by atoms with Crippen LogP contribution >= 0.6 is 0 Å². The van der Waals surface area contributed by atoms with Crippen molar-refractivity contribution < 1.29 is 12.8 Å². The number of aryl methyl sites for hydroxylation is 2. The predicted molar refractivity (Wildman–Crippen MR) is 143 cm³/mol. The van der Waals surface area contributed by atoms with Gasteiger partial charge in [0, 0.05) is 14.5 Å². The van der Waals surface area contributed by atoms with E-state index in [0.717, 1.165) is 46.7 Å². The highest BCUT2D eigenvalue weighted by molar-refractivity contribution is 7.92. The lowest BCUT2D eigenvalue weighted by Crippen LogP contribution is -2.36.